The average Bonchev–Trinajstić information content (AvgIpc) is 2.87. The van der Waals surface area contributed by atoms with Gasteiger partial charge in [0.15, 0.2) is 5.69 Å². The van der Waals surface area contributed by atoms with Crippen LogP contribution in [0.1, 0.15) is 22.7 Å². The first kappa shape index (κ1) is 15.4. The van der Waals surface area contributed by atoms with Crippen LogP contribution in [0.3, 0.4) is 0 Å². The summed E-state index contributed by atoms with van der Waals surface area (Å²) in [4.78, 5) is 16.6. The Morgan fingerprint density at radius 3 is 2.61 bits per heavy atom. The average molecular weight is 315 g/mol. The lowest BCUT2D eigenvalue weighted by molar-refractivity contribution is 0.0756. The van der Waals surface area contributed by atoms with Gasteiger partial charge in [-0.1, -0.05) is 5.16 Å². The van der Waals surface area contributed by atoms with E-state index < -0.39 is 0 Å². The molecule has 1 aliphatic heterocycles. The summed E-state index contributed by atoms with van der Waals surface area (Å²) in [6, 6.07) is 9.71. The second-order valence-electron chi connectivity index (χ2n) is 5.65. The van der Waals surface area contributed by atoms with Gasteiger partial charge in [0.25, 0.3) is 5.91 Å². The van der Waals surface area contributed by atoms with Crippen molar-refractivity contribution in [2.45, 2.75) is 13.3 Å². The van der Waals surface area contributed by atoms with Crippen molar-refractivity contribution in [2.75, 3.05) is 38.2 Å². The maximum atomic E-state index is 12.5. The number of ether oxygens (including phenoxy) is 1. The van der Waals surface area contributed by atoms with E-state index in [1.807, 2.05) is 17.0 Å². The molecule has 122 valence electrons. The number of aryl methyl sites for hydroxylation is 1. The zero-order valence-electron chi connectivity index (χ0n) is 13.5. The Balaban J connectivity index is 1.65. The van der Waals surface area contributed by atoms with Gasteiger partial charge in [-0.25, -0.2) is 0 Å². The van der Waals surface area contributed by atoms with Crippen LogP contribution in [0, 0.1) is 6.92 Å². The number of hydrogen-bond acceptors (Lipinski definition) is 5. The monoisotopic (exact) mass is 315 g/mol. The topological polar surface area (TPSA) is 58.8 Å². The molecule has 6 heteroatoms. The van der Waals surface area contributed by atoms with Gasteiger partial charge in [-0.2, -0.15) is 0 Å². The van der Waals surface area contributed by atoms with Crippen molar-refractivity contribution >= 4 is 11.6 Å². The molecule has 0 aliphatic carbocycles. The summed E-state index contributed by atoms with van der Waals surface area (Å²) in [7, 11) is 1.66. The molecule has 2 heterocycles. The molecule has 6 nitrogen and oxygen atoms in total. The van der Waals surface area contributed by atoms with Crippen LogP contribution in [0.25, 0.3) is 0 Å². The molecule has 0 saturated carbocycles. The number of benzene rings is 1. The zero-order valence-corrected chi connectivity index (χ0v) is 13.5. The first-order valence-corrected chi connectivity index (χ1v) is 7.79. The lowest BCUT2D eigenvalue weighted by atomic mass is 10.2. The van der Waals surface area contributed by atoms with Gasteiger partial charge in [0, 0.05) is 37.9 Å². The predicted molar refractivity (Wildman–Crippen MR) is 87.0 cm³/mol. The summed E-state index contributed by atoms with van der Waals surface area (Å²) in [5.74, 6) is 1.45. The Bertz CT molecular complexity index is 666. The van der Waals surface area contributed by atoms with Crippen LogP contribution in [0.2, 0.25) is 0 Å². The Kier molecular flexibility index (Phi) is 4.50. The molecule has 1 fully saturated rings. The normalized spacial score (nSPS) is 15.4. The van der Waals surface area contributed by atoms with E-state index >= 15 is 0 Å². The van der Waals surface area contributed by atoms with E-state index in [-0.39, 0.29) is 5.91 Å². The molecule has 1 amide bonds. The van der Waals surface area contributed by atoms with Gasteiger partial charge in [0.2, 0.25) is 0 Å². The minimum Gasteiger partial charge on any atom is -0.497 e. The standard InChI is InChI=1S/C17H21N3O3/c1-13-12-16(18-23-13)17(21)20-9-3-8-19(10-11-20)14-4-6-15(22-2)7-5-14/h4-7,12H,3,8-11H2,1-2H3. The molecular weight excluding hydrogens is 294 g/mol. The van der Waals surface area contributed by atoms with Crippen LogP contribution in [0.15, 0.2) is 34.9 Å². The number of amides is 1. The zero-order chi connectivity index (χ0) is 16.2. The number of carbonyl (C=O) groups excluding carboxylic acids is 1. The van der Waals surface area contributed by atoms with Crippen molar-refractivity contribution in [3.8, 4) is 5.75 Å². The number of hydrogen-bond donors (Lipinski definition) is 0. The number of rotatable bonds is 3. The summed E-state index contributed by atoms with van der Waals surface area (Å²) >= 11 is 0. The molecule has 2 aromatic rings. The highest BCUT2D eigenvalue weighted by molar-refractivity contribution is 5.92. The molecule has 0 atom stereocenters. The van der Waals surface area contributed by atoms with Crippen LogP contribution in [0.5, 0.6) is 5.75 Å². The lowest BCUT2D eigenvalue weighted by Crippen LogP contribution is -2.35. The van der Waals surface area contributed by atoms with Gasteiger partial charge in [-0.3, -0.25) is 4.79 Å². The minimum absolute atomic E-state index is 0.0570. The molecule has 0 unspecified atom stereocenters. The number of aromatic nitrogens is 1. The van der Waals surface area contributed by atoms with E-state index in [4.69, 9.17) is 9.26 Å². The maximum absolute atomic E-state index is 12.5. The highest BCUT2D eigenvalue weighted by atomic mass is 16.5. The molecule has 3 rings (SSSR count). The molecule has 1 aromatic carbocycles. The van der Waals surface area contributed by atoms with Crippen molar-refractivity contribution in [3.63, 3.8) is 0 Å². The highest BCUT2D eigenvalue weighted by Gasteiger charge is 2.22. The van der Waals surface area contributed by atoms with Crippen molar-refractivity contribution in [1.29, 1.82) is 0 Å². The fraction of sp³-hybridized carbons (Fsp3) is 0.412. The number of anilines is 1. The van der Waals surface area contributed by atoms with Gasteiger partial charge < -0.3 is 19.1 Å². The largest absolute Gasteiger partial charge is 0.497 e. The molecular formula is C17H21N3O3. The van der Waals surface area contributed by atoms with E-state index in [0.717, 1.165) is 37.5 Å². The second-order valence-corrected chi connectivity index (χ2v) is 5.65. The summed E-state index contributed by atoms with van der Waals surface area (Å²) in [6.07, 6.45) is 0.925. The molecule has 1 aliphatic rings. The summed E-state index contributed by atoms with van der Waals surface area (Å²) in [5, 5.41) is 3.82. The predicted octanol–water partition coefficient (Wildman–Crippen LogP) is 2.34. The molecule has 0 N–H and O–H groups in total. The molecule has 0 bridgehead atoms. The van der Waals surface area contributed by atoms with Crippen LogP contribution in [0.4, 0.5) is 5.69 Å². The van der Waals surface area contributed by atoms with Crippen molar-refractivity contribution in [2.24, 2.45) is 0 Å². The van der Waals surface area contributed by atoms with E-state index in [0.29, 0.717) is 18.0 Å². The number of nitrogens with zero attached hydrogens (tertiary/aromatic N) is 3. The van der Waals surface area contributed by atoms with Gasteiger partial charge >= 0.3 is 0 Å². The number of carbonyl (C=O) groups is 1. The molecule has 1 aromatic heterocycles. The maximum Gasteiger partial charge on any atom is 0.276 e. The van der Waals surface area contributed by atoms with Gasteiger partial charge in [0.1, 0.15) is 11.5 Å². The van der Waals surface area contributed by atoms with Crippen LogP contribution < -0.4 is 9.64 Å². The van der Waals surface area contributed by atoms with E-state index in [1.165, 1.54) is 0 Å². The van der Waals surface area contributed by atoms with Crippen molar-refractivity contribution < 1.29 is 14.1 Å². The SMILES string of the molecule is COc1ccc(N2CCCN(C(=O)c3cc(C)on3)CC2)cc1. The van der Waals surface area contributed by atoms with Crippen LogP contribution >= 0.6 is 0 Å². The lowest BCUT2D eigenvalue weighted by Gasteiger charge is -2.23. The Hall–Kier alpha value is -2.50. The molecule has 23 heavy (non-hydrogen) atoms. The highest BCUT2D eigenvalue weighted by Crippen LogP contribution is 2.21. The third-order valence-corrected chi connectivity index (χ3v) is 4.07. The molecule has 1 saturated heterocycles. The van der Waals surface area contributed by atoms with Gasteiger partial charge in [-0.15, -0.1) is 0 Å². The van der Waals surface area contributed by atoms with E-state index in [2.05, 4.69) is 22.2 Å². The third kappa shape index (κ3) is 3.47. The number of methoxy groups -OCH3 is 1. The van der Waals surface area contributed by atoms with Crippen molar-refractivity contribution in [1.82, 2.24) is 10.1 Å². The smallest absolute Gasteiger partial charge is 0.276 e. The second kappa shape index (κ2) is 6.73. The summed E-state index contributed by atoms with van der Waals surface area (Å²) in [6.45, 7) is 4.93. The van der Waals surface area contributed by atoms with Crippen LogP contribution in [-0.2, 0) is 0 Å². The molecule has 0 spiro atoms. The third-order valence-electron chi connectivity index (χ3n) is 4.07. The fourth-order valence-electron chi connectivity index (χ4n) is 2.80. The summed E-state index contributed by atoms with van der Waals surface area (Å²) < 4.78 is 10.2. The summed E-state index contributed by atoms with van der Waals surface area (Å²) in [5.41, 5.74) is 1.54. The fourth-order valence-corrected chi connectivity index (χ4v) is 2.80. The quantitative estimate of drug-likeness (QED) is 0.870. The van der Waals surface area contributed by atoms with Crippen molar-refractivity contribution in [3.05, 3.63) is 41.8 Å². The Morgan fingerprint density at radius 1 is 1.17 bits per heavy atom. The van der Waals surface area contributed by atoms with Crippen LogP contribution in [-0.4, -0.2) is 49.3 Å². The minimum atomic E-state index is -0.0570. The van der Waals surface area contributed by atoms with Gasteiger partial charge in [0.05, 0.1) is 7.11 Å². The van der Waals surface area contributed by atoms with E-state index in [9.17, 15) is 4.79 Å². The first-order chi connectivity index (χ1) is 11.2. The first-order valence-electron chi connectivity index (χ1n) is 7.79. The Morgan fingerprint density at radius 2 is 1.96 bits per heavy atom. The van der Waals surface area contributed by atoms with E-state index in [1.54, 1.807) is 20.1 Å². The van der Waals surface area contributed by atoms with Gasteiger partial charge in [-0.05, 0) is 37.6 Å². The Labute approximate surface area is 135 Å². The molecule has 0 radical (unpaired) electrons.